The lowest BCUT2D eigenvalue weighted by Gasteiger charge is -2.28. The van der Waals surface area contributed by atoms with E-state index in [2.05, 4.69) is 50.2 Å². The predicted molar refractivity (Wildman–Crippen MR) is 137 cm³/mol. The van der Waals surface area contributed by atoms with E-state index in [1.54, 1.807) is 55.6 Å². The molecule has 3 aromatic rings. The van der Waals surface area contributed by atoms with Crippen LogP contribution in [0.15, 0.2) is 36.4 Å². The molecule has 0 saturated heterocycles. The number of aryl methyl sites for hydroxylation is 2. The fourth-order valence-electron chi connectivity index (χ4n) is 6.97. The van der Waals surface area contributed by atoms with Gasteiger partial charge in [0.15, 0.2) is 0 Å². The van der Waals surface area contributed by atoms with Crippen molar-refractivity contribution in [3.05, 3.63) is 80.9 Å². The second kappa shape index (κ2) is 8.22. The molecule has 3 aliphatic rings. The Morgan fingerprint density at radius 3 is 0.938 bits per heavy atom. The van der Waals surface area contributed by atoms with Gasteiger partial charge in [-0.05, 0) is 158 Å². The molecule has 0 unspecified atom stereocenters. The van der Waals surface area contributed by atoms with Crippen LogP contribution in [0.1, 0.15) is 83.0 Å². The largest absolute Gasteiger partial charge is 0.0584 e. The molecule has 0 aromatic heterocycles. The van der Waals surface area contributed by atoms with Crippen molar-refractivity contribution >= 4 is 0 Å². The molecule has 3 aromatic carbocycles. The summed E-state index contributed by atoms with van der Waals surface area (Å²) in [6, 6.07) is 14.6. The minimum atomic E-state index is 1.25. The Labute approximate surface area is 194 Å². The summed E-state index contributed by atoms with van der Waals surface area (Å²) >= 11 is 0. The quantitative estimate of drug-likeness (QED) is 0.391. The summed E-state index contributed by atoms with van der Waals surface area (Å²) in [6.07, 6.45) is 15.6. The van der Waals surface area contributed by atoms with Crippen LogP contribution in [-0.2, 0) is 38.5 Å². The van der Waals surface area contributed by atoms with Crippen molar-refractivity contribution in [3.63, 3.8) is 0 Å². The number of fused-ring (bicyclic) bond motifs is 3. The summed E-state index contributed by atoms with van der Waals surface area (Å²) in [4.78, 5) is 0. The van der Waals surface area contributed by atoms with E-state index in [9.17, 15) is 0 Å². The zero-order chi connectivity index (χ0) is 21.7. The summed E-state index contributed by atoms with van der Waals surface area (Å²) in [6.45, 7) is 4.63. The summed E-state index contributed by atoms with van der Waals surface area (Å²) in [5.74, 6) is 0. The van der Waals surface area contributed by atoms with Gasteiger partial charge < -0.3 is 0 Å². The van der Waals surface area contributed by atoms with E-state index in [1.807, 2.05) is 0 Å². The van der Waals surface area contributed by atoms with Gasteiger partial charge in [-0.3, -0.25) is 0 Å². The third-order valence-corrected chi connectivity index (χ3v) is 8.65. The molecule has 6 rings (SSSR count). The second-order valence-corrected chi connectivity index (χ2v) is 10.5. The van der Waals surface area contributed by atoms with Crippen molar-refractivity contribution in [2.75, 3.05) is 0 Å². The van der Waals surface area contributed by atoms with Crippen LogP contribution in [0.5, 0.6) is 0 Å². The van der Waals surface area contributed by atoms with Crippen LogP contribution in [-0.4, -0.2) is 0 Å². The molecule has 0 saturated carbocycles. The molecule has 32 heavy (non-hydrogen) atoms. The Kier molecular flexibility index (Phi) is 5.21. The average molecular weight is 421 g/mol. The van der Waals surface area contributed by atoms with Crippen molar-refractivity contribution in [2.24, 2.45) is 0 Å². The van der Waals surface area contributed by atoms with Gasteiger partial charge in [0.25, 0.3) is 0 Å². The molecular formula is C32H36. The molecule has 0 spiro atoms. The first-order valence-electron chi connectivity index (χ1n) is 13.1. The maximum atomic E-state index is 2.49. The minimum absolute atomic E-state index is 1.25. The zero-order valence-electron chi connectivity index (χ0n) is 19.9. The van der Waals surface area contributed by atoms with E-state index < -0.39 is 0 Å². The molecule has 0 aliphatic heterocycles. The SMILES string of the molecule is Cc1ccc(-c2ccc(-c3ccc(C)c4c3CCCC4)c3c2CCCC3)c2c1CCCC2. The first-order valence-corrected chi connectivity index (χ1v) is 13.1. The number of benzene rings is 3. The average Bonchev–Trinajstić information content (AvgIpc) is 2.85. The van der Waals surface area contributed by atoms with Crippen LogP contribution in [0.3, 0.4) is 0 Å². The summed E-state index contributed by atoms with van der Waals surface area (Å²) < 4.78 is 0. The fraction of sp³-hybridized carbons (Fsp3) is 0.438. The number of hydrogen-bond acceptors (Lipinski definition) is 0. The lowest BCUT2D eigenvalue weighted by Crippen LogP contribution is -2.12. The van der Waals surface area contributed by atoms with E-state index in [0.29, 0.717) is 0 Å². The monoisotopic (exact) mass is 420 g/mol. The third-order valence-electron chi connectivity index (χ3n) is 8.65. The maximum absolute atomic E-state index is 2.49. The van der Waals surface area contributed by atoms with E-state index in [0.717, 1.165) is 0 Å². The molecule has 0 heterocycles. The van der Waals surface area contributed by atoms with Crippen molar-refractivity contribution in [1.29, 1.82) is 0 Å². The van der Waals surface area contributed by atoms with Gasteiger partial charge in [-0.2, -0.15) is 0 Å². The highest BCUT2D eigenvalue weighted by atomic mass is 14.3. The molecule has 0 nitrogen and oxygen atoms in total. The number of rotatable bonds is 2. The van der Waals surface area contributed by atoms with Crippen LogP contribution in [0, 0.1) is 13.8 Å². The van der Waals surface area contributed by atoms with Gasteiger partial charge in [0, 0.05) is 0 Å². The maximum Gasteiger partial charge on any atom is -0.0146 e. The van der Waals surface area contributed by atoms with Crippen LogP contribution in [0.2, 0.25) is 0 Å². The van der Waals surface area contributed by atoms with Crippen molar-refractivity contribution in [1.82, 2.24) is 0 Å². The van der Waals surface area contributed by atoms with Gasteiger partial charge in [0.1, 0.15) is 0 Å². The highest BCUT2D eigenvalue weighted by Crippen LogP contribution is 2.43. The van der Waals surface area contributed by atoms with Crippen molar-refractivity contribution < 1.29 is 0 Å². The topological polar surface area (TPSA) is 0 Å². The zero-order valence-corrected chi connectivity index (χ0v) is 19.9. The Morgan fingerprint density at radius 2 is 0.594 bits per heavy atom. The standard InChI is InChI=1S/C32H36/c1-21-15-17-29(25-11-5-3-9-23(21)25)31-19-20-32(28-14-8-7-13-27(28)31)30-18-16-22(2)24-10-4-6-12-26(24)30/h15-20H,3-14H2,1-2H3. The lowest BCUT2D eigenvalue weighted by molar-refractivity contribution is 0.677. The molecule has 0 amide bonds. The van der Waals surface area contributed by atoms with Crippen LogP contribution >= 0.6 is 0 Å². The summed E-state index contributed by atoms with van der Waals surface area (Å²) in [5.41, 5.74) is 19.1. The van der Waals surface area contributed by atoms with E-state index in [-0.39, 0.29) is 0 Å². The lowest BCUT2D eigenvalue weighted by atomic mass is 9.76. The molecular weight excluding hydrogens is 384 g/mol. The Balaban J connectivity index is 1.55. The Bertz CT molecular complexity index is 1100. The van der Waals surface area contributed by atoms with E-state index in [1.165, 1.54) is 88.2 Å². The van der Waals surface area contributed by atoms with Gasteiger partial charge in [0.05, 0.1) is 0 Å². The minimum Gasteiger partial charge on any atom is -0.0584 e. The third kappa shape index (κ3) is 3.26. The molecule has 3 aliphatic carbocycles. The van der Waals surface area contributed by atoms with Crippen LogP contribution in [0.4, 0.5) is 0 Å². The Morgan fingerprint density at radius 1 is 0.344 bits per heavy atom. The predicted octanol–water partition coefficient (Wildman–Crippen LogP) is 8.27. The van der Waals surface area contributed by atoms with Crippen LogP contribution in [0.25, 0.3) is 22.3 Å². The normalized spacial score (nSPS) is 17.4. The highest BCUT2D eigenvalue weighted by Gasteiger charge is 2.24. The molecule has 0 atom stereocenters. The van der Waals surface area contributed by atoms with Crippen molar-refractivity contribution in [3.8, 4) is 22.3 Å². The Hall–Kier alpha value is -2.34. The van der Waals surface area contributed by atoms with E-state index in [4.69, 9.17) is 0 Å². The molecule has 0 radical (unpaired) electrons. The summed E-state index contributed by atoms with van der Waals surface area (Å²) in [5, 5.41) is 0. The van der Waals surface area contributed by atoms with Gasteiger partial charge in [-0.1, -0.05) is 36.4 Å². The molecule has 0 N–H and O–H groups in total. The fourth-order valence-corrected chi connectivity index (χ4v) is 6.97. The number of hydrogen-bond donors (Lipinski definition) is 0. The first kappa shape index (κ1) is 20.3. The molecule has 0 bridgehead atoms. The molecule has 0 fully saturated rings. The van der Waals surface area contributed by atoms with Crippen molar-refractivity contribution in [2.45, 2.75) is 90.9 Å². The summed E-state index contributed by atoms with van der Waals surface area (Å²) in [7, 11) is 0. The first-order chi connectivity index (χ1) is 15.7. The van der Waals surface area contributed by atoms with Gasteiger partial charge in [-0.15, -0.1) is 0 Å². The molecule has 0 heteroatoms. The van der Waals surface area contributed by atoms with Gasteiger partial charge >= 0.3 is 0 Å². The second-order valence-electron chi connectivity index (χ2n) is 10.5. The van der Waals surface area contributed by atoms with Gasteiger partial charge in [0.2, 0.25) is 0 Å². The molecule has 164 valence electrons. The van der Waals surface area contributed by atoms with Gasteiger partial charge in [-0.25, -0.2) is 0 Å². The smallest absolute Gasteiger partial charge is 0.0146 e. The highest BCUT2D eigenvalue weighted by molar-refractivity contribution is 5.82. The van der Waals surface area contributed by atoms with E-state index >= 15 is 0 Å². The van der Waals surface area contributed by atoms with Crippen LogP contribution < -0.4 is 0 Å².